The van der Waals surface area contributed by atoms with Gasteiger partial charge in [0.05, 0.1) is 13.2 Å². The lowest BCUT2D eigenvalue weighted by Crippen LogP contribution is -2.56. The lowest BCUT2D eigenvalue weighted by molar-refractivity contribution is -0.122. The molecule has 0 aliphatic carbocycles. The number of amides is 3. The molecule has 0 spiro atoms. The standard InChI is InChI=1S/C17H26N4O3/c1-17(2,21-8-10-24-11-9-21)12-19-14(15(22)20-16(18)23)13-6-4-3-5-7-13/h3-7,14,19H,8-12H2,1-2H3,(H3,18,20,22,23)/t14-/m0/s1. The zero-order valence-corrected chi connectivity index (χ0v) is 14.2. The van der Waals surface area contributed by atoms with Crippen molar-refractivity contribution in [1.29, 1.82) is 0 Å². The van der Waals surface area contributed by atoms with E-state index >= 15 is 0 Å². The second-order valence-electron chi connectivity index (χ2n) is 6.49. The molecule has 0 unspecified atom stereocenters. The van der Waals surface area contributed by atoms with E-state index in [9.17, 15) is 9.59 Å². The first-order valence-electron chi connectivity index (χ1n) is 8.11. The first-order chi connectivity index (χ1) is 11.4. The summed E-state index contributed by atoms with van der Waals surface area (Å²) in [6, 6.07) is 7.79. The number of hydrogen-bond donors (Lipinski definition) is 3. The number of primary amides is 1. The fourth-order valence-electron chi connectivity index (χ4n) is 2.83. The number of carbonyl (C=O) groups excluding carboxylic acids is 2. The summed E-state index contributed by atoms with van der Waals surface area (Å²) in [6.07, 6.45) is 0. The number of nitrogens with two attached hydrogens (primary N) is 1. The van der Waals surface area contributed by atoms with Gasteiger partial charge in [0.25, 0.3) is 0 Å². The van der Waals surface area contributed by atoms with Gasteiger partial charge in [-0.2, -0.15) is 0 Å². The molecule has 7 nitrogen and oxygen atoms in total. The molecule has 0 saturated carbocycles. The van der Waals surface area contributed by atoms with Crippen LogP contribution in [0.25, 0.3) is 0 Å². The summed E-state index contributed by atoms with van der Waals surface area (Å²) in [5.41, 5.74) is 5.72. The van der Waals surface area contributed by atoms with Crippen molar-refractivity contribution in [1.82, 2.24) is 15.5 Å². The third-order valence-electron chi connectivity index (χ3n) is 4.25. The largest absolute Gasteiger partial charge is 0.379 e. The van der Waals surface area contributed by atoms with E-state index in [-0.39, 0.29) is 5.54 Å². The van der Waals surface area contributed by atoms with Crippen LogP contribution in [0.5, 0.6) is 0 Å². The second kappa shape index (κ2) is 8.23. The highest BCUT2D eigenvalue weighted by atomic mass is 16.5. The number of hydrogen-bond acceptors (Lipinski definition) is 5. The Balaban J connectivity index is 2.07. The Bertz CT molecular complexity index is 556. The van der Waals surface area contributed by atoms with E-state index in [1.165, 1.54) is 0 Å². The molecular weight excluding hydrogens is 308 g/mol. The van der Waals surface area contributed by atoms with Gasteiger partial charge in [-0.1, -0.05) is 30.3 Å². The van der Waals surface area contributed by atoms with Crippen LogP contribution >= 0.6 is 0 Å². The first kappa shape index (κ1) is 18.4. The number of benzene rings is 1. The molecule has 1 aromatic carbocycles. The molecule has 132 valence electrons. The maximum atomic E-state index is 12.3. The molecule has 1 aliphatic rings. The minimum absolute atomic E-state index is 0.149. The summed E-state index contributed by atoms with van der Waals surface area (Å²) in [5, 5.41) is 5.44. The normalized spacial score (nSPS) is 17.2. The Hall–Kier alpha value is -1.96. The molecule has 0 bridgehead atoms. The number of nitrogens with zero attached hydrogens (tertiary/aromatic N) is 1. The number of rotatable bonds is 6. The lowest BCUT2D eigenvalue weighted by atomic mass is 9.99. The molecule has 1 saturated heterocycles. The molecule has 0 radical (unpaired) electrons. The summed E-state index contributed by atoms with van der Waals surface area (Å²) >= 11 is 0. The molecule has 1 aliphatic heterocycles. The number of imide groups is 1. The van der Waals surface area contributed by atoms with Crippen LogP contribution in [0.2, 0.25) is 0 Å². The average Bonchev–Trinajstić information content (AvgIpc) is 2.56. The molecule has 24 heavy (non-hydrogen) atoms. The van der Waals surface area contributed by atoms with Crippen molar-refractivity contribution in [2.45, 2.75) is 25.4 Å². The van der Waals surface area contributed by atoms with Crippen LogP contribution in [-0.4, -0.2) is 55.2 Å². The molecule has 3 amide bonds. The Labute approximate surface area is 142 Å². The second-order valence-corrected chi connectivity index (χ2v) is 6.49. The smallest absolute Gasteiger partial charge is 0.318 e. The van der Waals surface area contributed by atoms with Gasteiger partial charge in [-0.15, -0.1) is 0 Å². The Morgan fingerprint density at radius 1 is 1.25 bits per heavy atom. The van der Waals surface area contributed by atoms with E-state index in [0.717, 1.165) is 18.7 Å². The van der Waals surface area contributed by atoms with Crippen molar-refractivity contribution in [2.75, 3.05) is 32.8 Å². The van der Waals surface area contributed by atoms with Gasteiger partial charge in [-0.3, -0.25) is 15.0 Å². The summed E-state index contributed by atoms with van der Waals surface area (Å²) in [4.78, 5) is 25.7. The van der Waals surface area contributed by atoms with Crippen molar-refractivity contribution in [2.24, 2.45) is 5.73 Å². The van der Waals surface area contributed by atoms with Gasteiger partial charge >= 0.3 is 6.03 Å². The maximum Gasteiger partial charge on any atom is 0.318 e. The zero-order valence-electron chi connectivity index (χ0n) is 14.2. The lowest BCUT2D eigenvalue weighted by Gasteiger charge is -2.41. The Morgan fingerprint density at radius 2 is 1.88 bits per heavy atom. The number of carbonyl (C=O) groups is 2. The Morgan fingerprint density at radius 3 is 2.46 bits per heavy atom. The van der Waals surface area contributed by atoms with Gasteiger partial charge in [-0.25, -0.2) is 4.79 Å². The molecule has 1 aromatic rings. The molecular formula is C17H26N4O3. The molecule has 0 aromatic heterocycles. The highest BCUT2D eigenvalue weighted by molar-refractivity contribution is 5.96. The molecule has 7 heteroatoms. The molecule has 2 rings (SSSR count). The number of ether oxygens (including phenoxy) is 1. The number of nitrogens with one attached hydrogen (secondary N) is 2. The van der Waals surface area contributed by atoms with Gasteiger partial charge < -0.3 is 15.8 Å². The third-order valence-corrected chi connectivity index (χ3v) is 4.25. The fraction of sp³-hybridized carbons (Fsp3) is 0.529. The fourth-order valence-corrected chi connectivity index (χ4v) is 2.83. The van der Waals surface area contributed by atoms with E-state index in [1.54, 1.807) is 0 Å². The molecule has 1 heterocycles. The van der Waals surface area contributed by atoms with Gasteiger partial charge in [-0.05, 0) is 19.4 Å². The summed E-state index contributed by atoms with van der Waals surface area (Å²) < 4.78 is 5.39. The Kier molecular flexibility index (Phi) is 6.30. The van der Waals surface area contributed by atoms with E-state index in [2.05, 4.69) is 29.4 Å². The van der Waals surface area contributed by atoms with E-state index < -0.39 is 18.0 Å². The zero-order chi connectivity index (χ0) is 17.6. The van der Waals surface area contributed by atoms with Gasteiger partial charge in [0.1, 0.15) is 6.04 Å². The molecule has 1 fully saturated rings. The van der Waals surface area contributed by atoms with Crippen molar-refractivity contribution >= 4 is 11.9 Å². The first-order valence-corrected chi connectivity index (χ1v) is 8.11. The van der Waals surface area contributed by atoms with Crippen molar-refractivity contribution < 1.29 is 14.3 Å². The summed E-state index contributed by atoms with van der Waals surface area (Å²) in [5.74, 6) is -0.452. The highest BCUT2D eigenvalue weighted by Crippen LogP contribution is 2.18. The van der Waals surface area contributed by atoms with Crippen LogP contribution < -0.4 is 16.4 Å². The predicted octanol–water partition coefficient (Wildman–Crippen LogP) is 0.623. The topological polar surface area (TPSA) is 96.7 Å². The van der Waals surface area contributed by atoms with Gasteiger partial charge in [0.2, 0.25) is 5.91 Å². The quantitative estimate of drug-likeness (QED) is 0.709. The van der Waals surface area contributed by atoms with Crippen molar-refractivity contribution in [3.8, 4) is 0 Å². The van der Waals surface area contributed by atoms with Crippen molar-refractivity contribution in [3.63, 3.8) is 0 Å². The van der Waals surface area contributed by atoms with Crippen LogP contribution in [0.4, 0.5) is 4.79 Å². The minimum atomic E-state index is -0.852. The van der Waals surface area contributed by atoms with Gasteiger partial charge in [0.15, 0.2) is 0 Å². The van der Waals surface area contributed by atoms with Crippen LogP contribution in [0, 0.1) is 0 Å². The van der Waals surface area contributed by atoms with Crippen LogP contribution in [0.3, 0.4) is 0 Å². The number of morpholine rings is 1. The maximum absolute atomic E-state index is 12.3. The monoisotopic (exact) mass is 334 g/mol. The average molecular weight is 334 g/mol. The summed E-state index contributed by atoms with van der Waals surface area (Å²) in [7, 11) is 0. The van der Waals surface area contributed by atoms with E-state index in [4.69, 9.17) is 10.5 Å². The van der Waals surface area contributed by atoms with Crippen LogP contribution in [-0.2, 0) is 9.53 Å². The molecule has 1 atom stereocenters. The van der Waals surface area contributed by atoms with Crippen LogP contribution in [0.1, 0.15) is 25.5 Å². The minimum Gasteiger partial charge on any atom is -0.379 e. The highest BCUT2D eigenvalue weighted by Gasteiger charge is 2.30. The third kappa shape index (κ3) is 5.02. The van der Waals surface area contributed by atoms with E-state index in [0.29, 0.717) is 19.8 Å². The van der Waals surface area contributed by atoms with E-state index in [1.807, 2.05) is 30.3 Å². The predicted molar refractivity (Wildman–Crippen MR) is 91.4 cm³/mol. The van der Waals surface area contributed by atoms with Crippen LogP contribution in [0.15, 0.2) is 30.3 Å². The number of urea groups is 1. The van der Waals surface area contributed by atoms with Gasteiger partial charge in [0, 0.05) is 25.2 Å². The van der Waals surface area contributed by atoms with Crippen molar-refractivity contribution in [3.05, 3.63) is 35.9 Å². The summed E-state index contributed by atoms with van der Waals surface area (Å²) in [6.45, 7) is 7.98. The molecule has 4 N–H and O–H groups in total. The SMILES string of the molecule is CC(C)(CN[C@H](C(=O)NC(N)=O)c1ccccc1)N1CCOCC1.